The number of carbonyl (C=O) groups excluding carboxylic acids is 1. The highest BCUT2D eigenvalue weighted by Crippen LogP contribution is 2.19. The molecule has 0 aromatic heterocycles. The average Bonchev–Trinajstić information content (AvgIpc) is 2.72. The molecule has 0 atom stereocenters. The van der Waals surface area contributed by atoms with Gasteiger partial charge in [0.2, 0.25) is 0 Å². The smallest absolute Gasteiger partial charge is 0.360 e. The van der Waals surface area contributed by atoms with Crippen molar-refractivity contribution in [2.45, 2.75) is 13.5 Å². The van der Waals surface area contributed by atoms with Gasteiger partial charge in [0.15, 0.2) is 5.71 Å². The van der Waals surface area contributed by atoms with Gasteiger partial charge < -0.3 is 14.4 Å². The Balaban J connectivity index is 2.15. The number of hydrogen-bond acceptors (Lipinski definition) is 6. The van der Waals surface area contributed by atoms with Crippen LogP contribution in [0.5, 0.6) is 0 Å². The lowest BCUT2D eigenvalue weighted by Gasteiger charge is -2.10. The average molecular weight is 524 g/mol. The number of carbonyl (C=O) groups is 1. The number of esters is 1. The van der Waals surface area contributed by atoms with Crippen LogP contribution < -0.4 is 0 Å². The van der Waals surface area contributed by atoms with E-state index in [1.165, 1.54) is 14.2 Å². The maximum atomic E-state index is 12.0. The van der Waals surface area contributed by atoms with Crippen LogP contribution in [0.1, 0.15) is 29.2 Å². The molecule has 0 saturated heterocycles. The van der Waals surface area contributed by atoms with E-state index in [0.717, 1.165) is 25.8 Å². The van der Waals surface area contributed by atoms with Crippen LogP contribution in [0.15, 0.2) is 62.2 Å². The lowest BCUT2D eigenvalue weighted by atomic mass is 10.0. The zero-order chi connectivity index (χ0) is 21.2. The number of ether oxygens (including phenoxy) is 1. The number of nitrogens with zero attached hydrogens (tertiary/aromatic N) is 2. The standard InChI is InChI=1S/C21H20Br2N2O4/c1-14(16-10-8-15(9-11-16)12-19(22)23)24-29-13-17-6-4-5-7-18(17)20(25-28-3)21(26)27-2/h4-12H,13H2,1-3H3. The van der Waals surface area contributed by atoms with Crippen molar-refractivity contribution in [1.29, 1.82) is 0 Å². The van der Waals surface area contributed by atoms with Gasteiger partial charge in [-0.3, -0.25) is 0 Å². The minimum absolute atomic E-state index is 0.0662. The number of rotatable bonds is 8. The highest BCUT2D eigenvalue weighted by molar-refractivity contribution is 9.28. The van der Waals surface area contributed by atoms with Gasteiger partial charge in [0, 0.05) is 11.1 Å². The van der Waals surface area contributed by atoms with Crippen LogP contribution >= 0.6 is 31.9 Å². The molecule has 0 aliphatic carbocycles. The molecule has 6 nitrogen and oxygen atoms in total. The summed E-state index contributed by atoms with van der Waals surface area (Å²) in [5.74, 6) is -0.594. The van der Waals surface area contributed by atoms with Crippen molar-refractivity contribution in [3.8, 4) is 0 Å². The normalized spacial score (nSPS) is 11.6. The molecule has 152 valence electrons. The number of halogens is 2. The van der Waals surface area contributed by atoms with Crippen molar-refractivity contribution in [2.24, 2.45) is 10.3 Å². The summed E-state index contributed by atoms with van der Waals surface area (Å²) in [6, 6.07) is 15.1. The minimum Gasteiger partial charge on any atom is -0.464 e. The summed E-state index contributed by atoms with van der Waals surface area (Å²) in [7, 11) is 2.66. The van der Waals surface area contributed by atoms with Gasteiger partial charge in [0.1, 0.15) is 13.7 Å². The predicted octanol–water partition coefficient (Wildman–Crippen LogP) is 5.24. The maximum Gasteiger partial charge on any atom is 0.360 e. The molecular formula is C21H20Br2N2O4. The Kier molecular flexibility index (Phi) is 9.08. The van der Waals surface area contributed by atoms with Crippen LogP contribution in [-0.2, 0) is 25.8 Å². The summed E-state index contributed by atoms with van der Waals surface area (Å²) in [5, 5.41) is 7.97. The van der Waals surface area contributed by atoms with E-state index in [2.05, 4.69) is 42.2 Å². The van der Waals surface area contributed by atoms with E-state index in [9.17, 15) is 4.79 Å². The quantitative estimate of drug-likeness (QED) is 0.269. The first kappa shape index (κ1) is 22.8. The fourth-order valence-electron chi connectivity index (χ4n) is 2.46. The Bertz CT molecular complexity index is 934. The van der Waals surface area contributed by atoms with Gasteiger partial charge in [-0.05, 0) is 56.0 Å². The molecule has 2 aromatic rings. The second-order valence-electron chi connectivity index (χ2n) is 5.78. The van der Waals surface area contributed by atoms with E-state index < -0.39 is 5.97 Å². The molecule has 0 unspecified atom stereocenters. The monoisotopic (exact) mass is 522 g/mol. The van der Waals surface area contributed by atoms with Gasteiger partial charge in [0.05, 0.1) is 16.2 Å². The third-order valence-corrected chi connectivity index (χ3v) is 4.32. The van der Waals surface area contributed by atoms with Crippen molar-refractivity contribution in [3.05, 3.63) is 74.2 Å². The summed E-state index contributed by atoms with van der Waals surface area (Å²) in [5.41, 5.74) is 4.08. The van der Waals surface area contributed by atoms with Crippen LogP contribution in [-0.4, -0.2) is 31.6 Å². The lowest BCUT2D eigenvalue weighted by Crippen LogP contribution is -2.19. The molecule has 8 heteroatoms. The second-order valence-corrected chi connectivity index (χ2v) is 8.55. The molecule has 0 amide bonds. The first-order valence-corrected chi connectivity index (χ1v) is 10.1. The largest absolute Gasteiger partial charge is 0.464 e. The fraction of sp³-hybridized carbons (Fsp3) is 0.190. The third kappa shape index (κ3) is 6.83. The Morgan fingerprint density at radius 1 is 1.03 bits per heavy atom. The van der Waals surface area contributed by atoms with Crippen molar-refractivity contribution in [3.63, 3.8) is 0 Å². The minimum atomic E-state index is -0.594. The van der Waals surface area contributed by atoms with E-state index in [1.54, 1.807) is 12.1 Å². The van der Waals surface area contributed by atoms with Crippen LogP contribution in [0.25, 0.3) is 6.08 Å². The number of methoxy groups -OCH3 is 1. The first-order valence-electron chi connectivity index (χ1n) is 8.53. The van der Waals surface area contributed by atoms with Gasteiger partial charge in [-0.25, -0.2) is 4.79 Å². The maximum absolute atomic E-state index is 12.0. The molecule has 2 aromatic carbocycles. The van der Waals surface area contributed by atoms with E-state index in [0.29, 0.717) is 5.56 Å². The molecule has 0 bridgehead atoms. The third-order valence-electron chi connectivity index (χ3n) is 3.86. The Hall–Kier alpha value is -2.45. The van der Waals surface area contributed by atoms with Crippen molar-refractivity contribution in [1.82, 2.24) is 0 Å². The molecule has 29 heavy (non-hydrogen) atoms. The topological polar surface area (TPSA) is 69.5 Å². The number of benzene rings is 2. The van der Waals surface area contributed by atoms with E-state index in [-0.39, 0.29) is 12.3 Å². The molecule has 0 N–H and O–H groups in total. The SMILES string of the molecule is CON=C(C(=O)OC)c1ccccc1CON=C(C)c1ccc(C=C(Br)Br)cc1. The van der Waals surface area contributed by atoms with Gasteiger partial charge in [0.25, 0.3) is 0 Å². The second kappa shape index (κ2) is 11.5. The summed E-state index contributed by atoms with van der Waals surface area (Å²) in [6.07, 6.45) is 1.95. The molecule has 0 spiro atoms. The number of hydrogen-bond donors (Lipinski definition) is 0. The van der Waals surface area contributed by atoms with Crippen molar-refractivity contribution in [2.75, 3.05) is 14.2 Å². The molecule has 0 aliphatic heterocycles. The van der Waals surface area contributed by atoms with Crippen molar-refractivity contribution < 1.29 is 19.2 Å². The van der Waals surface area contributed by atoms with Crippen LogP contribution in [0, 0.1) is 0 Å². The van der Waals surface area contributed by atoms with E-state index in [4.69, 9.17) is 14.4 Å². The van der Waals surface area contributed by atoms with Crippen LogP contribution in [0.4, 0.5) is 0 Å². The molecular weight excluding hydrogens is 504 g/mol. The van der Waals surface area contributed by atoms with Gasteiger partial charge in [-0.2, -0.15) is 0 Å². The van der Waals surface area contributed by atoms with E-state index in [1.807, 2.05) is 49.4 Å². The first-order chi connectivity index (χ1) is 14.0. The Morgan fingerprint density at radius 2 is 1.72 bits per heavy atom. The Labute approximate surface area is 186 Å². The van der Waals surface area contributed by atoms with Gasteiger partial charge >= 0.3 is 5.97 Å². The molecule has 0 radical (unpaired) electrons. The highest BCUT2D eigenvalue weighted by Gasteiger charge is 2.19. The van der Waals surface area contributed by atoms with Crippen molar-refractivity contribution >= 4 is 55.3 Å². The predicted molar refractivity (Wildman–Crippen MR) is 121 cm³/mol. The summed E-state index contributed by atoms with van der Waals surface area (Å²) >= 11 is 6.69. The summed E-state index contributed by atoms with van der Waals surface area (Å²) < 4.78 is 5.65. The van der Waals surface area contributed by atoms with E-state index >= 15 is 0 Å². The van der Waals surface area contributed by atoms with Gasteiger partial charge in [-0.1, -0.05) is 58.8 Å². The zero-order valence-corrected chi connectivity index (χ0v) is 19.4. The molecule has 2 rings (SSSR count). The number of oxime groups is 2. The molecule has 0 saturated carbocycles. The molecule has 0 aliphatic rings. The van der Waals surface area contributed by atoms with Crippen LogP contribution in [0.2, 0.25) is 0 Å². The molecule has 0 fully saturated rings. The van der Waals surface area contributed by atoms with Crippen LogP contribution in [0.3, 0.4) is 0 Å². The zero-order valence-electron chi connectivity index (χ0n) is 16.2. The lowest BCUT2D eigenvalue weighted by molar-refractivity contribution is -0.132. The highest BCUT2D eigenvalue weighted by atomic mass is 79.9. The van der Waals surface area contributed by atoms with Gasteiger partial charge in [-0.15, -0.1) is 0 Å². The Morgan fingerprint density at radius 3 is 2.34 bits per heavy atom. The summed E-state index contributed by atoms with van der Waals surface area (Å²) in [6.45, 7) is 2.02. The summed E-state index contributed by atoms with van der Waals surface area (Å²) in [4.78, 5) is 22.3. The fourth-order valence-corrected chi connectivity index (χ4v) is 2.99. The molecule has 0 heterocycles.